The molecule has 0 aliphatic heterocycles. The molecule has 0 spiro atoms. The molecular formula is C13H12O4P+. The SMILES string of the molecule is O=[P+](O)C(c1ccc(O)cc1)c1ccc(O)cc1. The molecule has 92 valence electrons. The van der Waals surface area contributed by atoms with Gasteiger partial charge >= 0.3 is 8.03 Å². The Kier molecular flexibility index (Phi) is 3.60. The van der Waals surface area contributed by atoms with Crippen molar-refractivity contribution in [1.82, 2.24) is 0 Å². The van der Waals surface area contributed by atoms with E-state index in [2.05, 4.69) is 0 Å². The van der Waals surface area contributed by atoms with Crippen molar-refractivity contribution >= 4 is 8.03 Å². The summed E-state index contributed by atoms with van der Waals surface area (Å²) in [6, 6.07) is 12.3. The molecule has 2 rings (SSSR count). The minimum Gasteiger partial charge on any atom is -0.508 e. The van der Waals surface area contributed by atoms with Crippen molar-refractivity contribution in [2.75, 3.05) is 0 Å². The van der Waals surface area contributed by atoms with Crippen LogP contribution in [0.3, 0.4) is 0 Å². The fourth-order valence-electron chi connectivity index (χ4n) is 1.76. The van der Waals surface area contributed by atoms with Gasteiger partial charge in [-0.2, -0.15) is 4.89 Å². The molecular weight excluding hydrogens is 251 g/mol. The first-order chi connectivity index (χ1) is 8.58. The van der Waals surface area contributed by atoms with Gasteiger partial charge < -0.3 is 10.2 Å². The van der Waals surface area contributed by atoms with Crippen LogP contribution in [0.5, 0.6) is 11.5 Å². The summed E-state index contributed by atoms with van der Waals surface area (Å²) < 4.78 is 11.5. The zero-order chi connectivity index (χ0) is 13.1. The summed E-state index contributed by atoms with van der Waals surface area (Å²) in [7, 11) is -2.45. The van der Waals surface area contributed by atoms with Crippen LogP contribution < -0.4 is 0 Å². The van der Waals surface area contributed by atoms with Gasteiger partial charge in [-0.05, 0) is 28.8 Å². The number of aromatic hydroxyl groups is 2. The normalized spacial score (nSPS) is 11.6. The molecule has 0 aromatic heterocycles. The molecule has 3 N–H and O–H groups in total. The molecule has 0 heterocycles. The van der Waals surface area contributed by atoms with Crippen LogP contribution in [0.4, 0.5) is 0 Å². The van der Waals surface area contributed by atoms with Crippen molar-refractivity contribution in [3.05, 3.63) is 59.7 Å². The van der Waals surface area contributed by atoms with E-state index in [1.165, 1.54) is 24.3 Å². The molecule has 0 fully saturated rings. The number of phenolic OH excluding ortho intramolecular Hbond substituents is 2. The van der Waals surface area contributed by atoms with Gasteiger partial charge in [0.1, 0.15) is 11.5 Å². The lowest BCUT2D eigenvalue weighted by atomic mass is 10.0. The Morgan fingerprint density at radius 2 is 1.11 bits per heavy atom. The van der Waals surface area contributed by atoms with Crippen LogP contribution in [-0.4, -0.2) is 15.1 Å². The Morgan fingerprint density at radius 1 is 0.778 bits per heavy atom. The van der Waals surface area contributed by atoms with E-state index in [9.17, 15) is 19.7 Å². The van der Waals surface area contributed by atoms with Gasteiger partial charge in [-0.15, -0.1) is 0 Å². The van der Waals surface area contributed by atoms with Crippen LogP contribution in [0.25, 0.3) is 0 Å². The zero-order valence-corrected chi connectivity index (χ0v) is 10.3. The maximum absolute atomic E-state index is 11.5. The molecule has 2 aromatic rings. The molecule has 0 radical (unpaired) electrons. The van der Waals surface area contributed by atoms with Gasteiger partial charge in [0.25, 0.3) is 0 Å². The van der Waals surface area contributed by atoms with Crippen LogP contribution in [-0.2, 0) is 4.57 Å². The first-order valence-electron chi connectivity index (χ1n) is 5.31. The Bertz CT molecular complexity index is 503. The molecule has 1 unspecified atom stereocenters. The van der Waals surface area contributed by atoms with Crippen molar-refractivity contribution in [3.8, 4) is 11.5 Å². The lowest BCUT2D eigenvalue weighted by Gasteiger charge is -2.06. The second-order valence-corrected chi connectivity index (χ2v) is 5.01. The molecule has 5 heteroatoms. The van der Waals surface area contributed by atoms with Gasteiger partial charge in [-0.25, -0.2) is 0 Å². The van der Waals surface area contributed by atoms with Gasteiger partial charge in [0, 0.05) is 11.1 Å². The van der Waals surface area contributed by atoms with E-state index >= 15 is 0 Å². The van der Waals surface area contributed by atoms with Gasteiger partial charge in [0.15, 0.2) is 0 Å². The Hall–Kier alpha value is -1.90. The monoisotopic (exact) mass is 263 g/mol. The summed E-state index contributed by atoms with van der Waals surface area (Å²) in [5.74, 6) is 0.216. The lowest BCUT2D eigenvalue weighted by Crippen LogP contribution is -1.96. The third-order valence-electron chi connectivity index (χ3n) is 2.64. The van der Waals surface area contributed by atoms with Gasteiger partial charge in [0.2, 0.25) is 5.66 Å². The minimum atomic E-state index is -2.45. The van der Waals surface area contributed by atoms with Gasteiger partial charge in [0.05, 0.1) is 0 Å². The highest BCUT2D eigenvalue weighted by molar-refractivity contribution is 7.38. The predicted octanol–water partition coefficient (Wildman–Crippen LogP) is 2.92. The van der Waals surface area contributed by atoms with E-state index < -0.39 is 13.7 Å². The fraction of sp³-hybridized carbons (Fsp3) is 0.0769. The summed E-state index contributed by atoms with van der Waals surface area (Å²) in [4.78, 5) is 9.44. The van der Waals surface area contributed by atoms with E-state index in [1.807, 2.05) is 0 Å². The highest BCUT2D eigenvalue weighted by Gasteiger charge is 2.32. The summed E-state index contributed by atoms with van der Waals surface area (Å²) in [5.41, 5.74) is 0.616. The van der Waals surface area contributed by atoms with E-state index in [0.717, 1.165) is 0 Å². The Morgan fingerprint density at radius 3 is 1.39 bits per heavy atom. The smallest absolute Gasteiger partial charge is 0.508 e. The van der Waals surface area contributed by atoms with Gasteiger partial charge in [-0.3, -0.25) is 0 Å². The standard InChI is InChI=1S/C13H11O4P/c14-11-5-1-9(2-6-11)13(18(16)17)10-3-7-12(15)8-4-10/h1-8,13H,(H2-,14,15,16,17)/p+1. The van der Waals surface area contributed by atoms with Crippen molar-refractivity contribution < 1.29 is 19.7 Å². The number of rotatable bonds is 3. The summed E-state index contributed by atoms with van der Waals surface area (Å²) in [6.45, 7) is 0. The van der Waals surface area contributed by atoms with Crippen LogP contribution in [0, 0.1) is 0 Å². The predicted molar refractivity (Wildman–Crippen MR) is 67.9 cm³/mol. The van der Waals surface area contributed by atoms with E-state index in [1.54, 1.807) is 24.3 Å². The Labute approximate surface area is 105 Å². The average molecular weight is 263 g/mol. The number of hydrogen-bond donors (Lipinski definition) is 3. The van der Waals surface area contributed by atoms with Crippen molar-refractivity contribution in [2.24, 2.45) is 0 Å². The zero-order valence-electron chi connectivity index (χ0n) is 9.39. The van der Waals surface area contributed by atoms with Crippen molar-refractivity contribution in [2.45, 2.75) is 5.66 Å². The number of hydrogen-bond acceptors (Lipinski definition) is 3. The van der Waals surface area contributed by atoms with Crippen molar-refractivity contribution in [3.63, 3.8) is 0 Å². The molecule has 2 aromatic carbocycles. The van der Waals surface area contributed by atoms with Crippen LogP contribution in [0.1, 0.15) is 16.8 Å². The largest absolute Gasteiger partial charge is 0.518 e. The van der Waals surface area contributed by atoms with Crippen LogP contribution in [0.15, 0.2) is 48.5 Å². The summed E-state index contributed by atoms with van der Waals surface area (Å²) in [6.07, 6.45) is 0. The molecule has 0 saturated heterocycles. The lowest BCUT2D eigenvalue weighted by molar-refractivity contribution is 0.474. The van der Waals surface area contributed by atoms with Crippen LogP contribution >= 0.6 is 8.03 Å². The first kappa shape index (κ1) is 12.6. The summed E-state index contributed by atoms with van der Waals surface area (Å²) in [5, 5.41) is 18.4. The van der Waals surface area contributed by atoms with Gasteiger partial charge in [-0.1, -0.05) is 24.3 Å². The van der Waals surface area contributed by atoms with E-state index in [0.29, 0.717) is 11.1 Å². The highest BCUT2D eigenvalue weighted by Crippen LogP contribution is 2.43. The second-order valence-electron chi connectivity index (χ2n) is 3.89. The number of benzene rings is 2. The third kappa shape index (κ3) is 2.67. The Balaban J connectivity index is 2.43. The number of phenols is 2. The van der Waals surface area contributed by atoms with Crippen LogP contribution in [0.2, 0.25) is 0 Å². The average Bonchev–Trinajstić information content (AvgIpc) is 2.34. The topological polar surface area (TPSA) is 77.8 Å². The molecule has 0 aliphatic rings. The maximum atomic E-state index is 11.5. The molecule has 1 atom stereocenters. The molecule has 0 aliphatic carbocycles. The van der Waals surface area contributed by atoms with E-state index in [4.69, 9.17) is 0 Å². The molecule has 4 nitrogen and oxygen atoms in total. The third-order valence-corrected chi connectivity index (χ3v) is 3.68. The minimum absolute atomic E-state index is 0.108. The molecule has 0 bridgehead atoms. The molecule has 0 amide bonds. The van der Waals surface area contributed by atoms with E-state index in [-0.39, 0.29) is 11.5 Å². The quantitative estimate of drug-likeness (QED) is 0.744. The highest BCUT2D eigenvalue weighted by atomic mass is 31.1. The molecule has 0 saturated carbocycles. The summed E-state index contributed by atoms with van der Waals surface area (Å²) >= 11 is 0. The second kappa shape index (κ2) is 5.17. The fourth-order valence-corrected chi connectivity index (χ4v) is 2.62. The van der Waals surface area contributed by atoms with Crippen molar-refractivity contribution in [1.29, 1.82) is 0 Å². The molecule has 18 heavy (non-hydrogen) atoms. The first-order valence-corrected chi connectivity index (χ1v) is 6.59. The maximum Gasteiger partial charge on any atom is 0.518 e.